The van der Waals surface area contributed by atoms with Crippen LogP contribution < -0.4 is 0 Å². The molecule has 1 aromatic carbocycles. The van der Waals surface area contributed by atoms with E-state index < -0.39 is 16.0 Å². The molecular weight excluding hydrogens is 398 g/mol. The van der Waals surface area contributed by atoms with Crippen molar-refractivity contribution >= 4 is 33.1 Å². The summed E-state index contributed by atoms with van der Waals surface area (Å²) in [7, 11) is -3.64. The van der Waals surface area contributed by atoms with Crippen LogP contribution in [0.4, 0.5) is 0 Å². The van der Waals surface area contributed by atoms with E-state index in [-0.39, 0.29) is 22.8 Å². The van der Waals surface area contributed by atoms with E-state index in [2.05, 4.69) is 0 Å². The molecular formula is C20H23NO5S2. The normalized spacial score (nSPS) is 15.4. The van der Waals surface area contributed by atoms with E-state index >= 15 is 0 Å². The number of benzene rings is 1. The highest BCUT2D eigenvalue weighted by Crippen LogP contribution is 2.23. The second kappa shape index (κ2) is 8.55. The molecule has 3 rings (SSSR count). The maximum atomic E-state index is 12.8. The molecule has 0 radical (unpaired) electrons. The quantitative estimate of drug-likeness (QED) is 0.526. The lowest BCUT2D eigenvalue weighted by Gasteiger charge is -2.25. The van der Waals surface area contributed by atoms with Crippen molar-refractivity contribution in [3.05, 3.63) is 51.2 Å². The van der Waals surface area contributed by atoms with Crippen LogP contribution in [-0.4, -0.2) is 44.2 Å². The molecule has 2 heterocycles. The molecule has 6 nitrogen and oxygen atoms in total. The Morgan fingerprint density at radius 2 is 1.82 bits per heavy atom. The maximum Gasteiger partial charge on any atom is 0.338 e. The van der Waals surface area contributed by atoms with Crippen molar-refractivity contribution in [2.24, 2.45) is 0 Å². The predicted octanol–water partition coefficient (Wildman–Crippen LogP) is 3.58. The summed E-state index contributed by atoms with van der Waals surface area (Å²) >= 11 is 1.51. The first kappa shape index (κ1) is 20.7. The zero-order valence-corrected chi connectivity index (χ0v) is 17.6. The lowest BCUT2D eigenvalue weighted by Crippen LogP contribution is -2.35. The van der Waals surface area contributed by atoms with Gasteiger partial charge in [0, 0.05) is 28.4 Å². The number of nitrogens with zero attached hydrogens (tertiary/aromatic N) is 1. The van der Waals surface area contributed by atoms with Crippen LogP contribution in [0.5, 0.6) is 0 Å². The fourth-order valence-electron chi connectivity index (χ4n) is 3.24. The second-order valence-electron chi connectivity index (χ2n) is 6.82. The number of hydrogen-bond donors (Lipinski definition) is 0. The predicted molar refractivity (Wildman–Crippen MR) is 107 cm³/mol. The lowest BCUT2D eigenvalue weighted by atomic mass is 10.2. The van der Waals surface area contributed by atoms with Gasteiger partial charge >= 0.3 is 5.97 Å². The molecule has 0 N–H and O–H groups in total. The molecule has 1 aliphatic heterocycles. The molecule has 0 atom stereocenters. The van der Waals surface area contributed by atoms with Crippen molar-refractivity contribution in [2.75, 3.05) is 19.7 Å². The zero-order chi connectivity index (χ0) is 20.3. The maximum absolute atomic E-state index is 12.8. The number of carbonyl (C=O) groups excluding carboxylic acids is 2. The van der Waals surface area contributed by atoms with Gasteiger partial charge in [-0.1, -0.05) is 12.5 Å². The summed E-state index contributed by atoms with van der Waals surface area (Å²) < 4.78 is 32.1. The van der Waals surface area contributed by atoms with E-state index in [9.17, 15) is 18.0 Å². The van der Waals surface area contributed by atoms with E-state index in [0.29, 0.717) is 18.7 Å². The Bertz CT molecular complexity index is 988. The molecule has 0 aliphatic carbocycles. The summed E-state index contributed by atoms with van der Waals surface area (Å²) in [5.41, 5.74) is 0.667. The van der Waals surface area contributed by atoms with Gasteiger partial charge in [0.2, 0.25) is 15.8 Å². The molecule has 1 aliphatic rings. The first-order valence-electron chi connectivity index (χ1n) is 9.16. The molecule has 0 bridgehead atoms. The molecule has 0 saturated carbocycles. The molecule has 8 heteroatoms. The summed E-state index contributed by atoms with van der Waals surface area (Å²) in [6.45, 7) is 4.37. The topological polar surface area (TPSA) is 80.8 Å². The summed E-state index contributed by atoms with van der Waals surface area (Å²) in [5, 5.41) is 0. The number of thiophene rings is 1. The van der Waals surface area contributed by atoms with E-state index in [1.807, 2.05) is 13.8 Å². The van der Waals surface area contributed by atoms with Crippen LogP contribution in [0.15, 0.2) is 35.2 Å². The van der Waals surface area contributed by atoms with Crippen molar-refractivity contribution in [3.63, 3.8) is 0 Å². The average molecular weight is 422 g/mol. The first-order valence-corrected chi connectivity index (χ1v) is 11.4. The SMILES string of the molecule is Cc1cc(C(=O)COC(=O)c2cccc(S(=O)(=O)N3CCCCC3)c2)c(C)s1. The van der Waals surface area contributed by atoms with Crippen molar-refractivity contribution in [1.29, 1.82) is 0 Å². The number of carbonyl (C=O) groups is 2. The highest BCUT2D eigenvalue weighted by Gasteiger charge is 2.26. The van der Waals surface area contributed by atoms with Gasteiger partial charge in [-0.2, -0.15) is 4.31 Å². The Morgan fingerprint density at radius 1 is 1.11 bits per heavy atom. The summed E-state index contributed by atoms with van der Waals surface area (Å²) in [6, 6.07) is 7.58. The van der Waals surface area contributed by atoms with Gasteiger partial charge in [0.05, 0.1) is 10.5 Å². The number of esters is 1. The van der Waals surface area contributed by atoms with Gasteiger partial charge in [-0.3, -0.25) is 4.79 Å². The number of ether oxygens (including phenoxy) is 1. The minimum Gasteiger partial charge on any atom is -0.454 e. The third-order valence-electron chi connectivity index (χ3n) is 4.70. The minimum absolute atomic E-state index is 0.0690. The molecule has 28 heavy (non-hydrogen) atoms. The highest BCUT2D eigenvalue weighted by atomic mass is 32.2. The Balaban J connectivity index is 1.70. The van der Waals surface area contributed by atoms with Crippen molar-refractivity contribution < 1.29 is 22.7 Å². The van der Waals surface area contributed by atoms with Crippen LogP contribution in [0.2, 0.25) is 0 Å². The van der Waals surface area contributed by atoms with Gasteiger partial charge < -0.3 is 4.74 Å². The Labute approximate surface area is 169 Å². The van der Waals surface area contributed by atoms with Crippen LogP contribution in [0, 0.1) is 13.8 Å². The number of aryl methyl sites for hydroxylation is 2. The monoisotopic (exact) mass is 421 g/mol. The van der Waals surface area contributed by atoms with Crippen molar-refractivity contribution in [2.45, 2.75) is 38.0 Å². The molecule has 1 fully saturated rings. The van der Waals surface area contributed by atoms with Gasteiger partial charge in [-0.25, -0.2) is 13.2 Å². The highest BCUT2D eigenvalue weighted by molar-refractivity contribution is 7.89. The van der Waals surface area contributed by atoms with Gasteiger partial charge in [0.25, 0.3) is 0 Å². The summed E-state index contributed by atoms with van der Waals surface area (Å²) in [4.78, 5) is 26.6. The van der Waals surface area contributed by atoms with E-state index in [0.717, 1.165) is 29.0 Å². The van der Waals surface area contributed by atoms with E-state index in [4.69, 9.17) is 4.74 Å². The van der Waals surface area contributed by atoms with Crippen LogP contribution in [-0.2, 0) is 14.8 Å². The van der Waals surface area contributed by atoms with Crippen molar-refractivity contribution in [1.82, 2.24) is 4.31 Å². The number of ketones is 1. The Hall–Kier alpha value is -2.03. The molecule has 1 saturated heterocycles. The second-order valence-corrected chi connectivity index (χ2v) is 10.2. The fraction of sp³-hybridized carbons (Fsp3) is 0.400. The Morgan fingerprint density at radius 3 is 2.46 bits per heavy atom. The van der Waals surface area contributed by atoms with Gasteiger partial charge in [0.15, 0.2) is 6.61 Å². The van der Waals surface area contributed by atoms with Gasteiger partial charge in [0.1, 0.15) is 0 Å². The fourth-order valence-corrected chi connectivity index (χ4v) is 5.74. The Kier molecular flexibility index (Phi) is 6.32. The largest absolute Gasteiger partial charge is 0.454 e. The van der Waals surface area contributed by atoms with Crippen LogP contribution in [0.3, 0.4) is 0 Å². The number of sulfonamides is 1. The van der Waals surface area contributed by atoms with E-state index in [1.165, 1.54) is 39.9 Å². The molecule has 1 aromatic heterocycles. The lowest BCUT2D eigenvalue weighted by molar-refractivity contribution is 0.0474. The first-order chi connectivity index (χ1) is 13.3. The number of piperidine rings is 1. The number of hydrogen-bond acceptors (Lipinski definition) is 6. The summed E-state index contributed by atoms with van der Waals surface area (Å²) in [5.74, 6) is -0.985. The molecule has 150 valence electrons. The molecule has 0 spiro atoms. The van der Waals surface area contributed by atoms with Crippen LogP contribution in [0.1, 0.15) is 49.7 Å². The number of rotatable bonds is 6. The van der Waals surface area contributed by atoms with Gasteiger partial charge in [-0.05, 0) is 51.0 Å². The molecule has 0 amide bonds. The third kappa shape index (κ3) is 4.51. The van der Waals surface area contributed by atoms with Gasteiger partial charge in [-0.15, -0.1) is 11.3 Å². The average Bonchev–Trinajstić information content (AvgIpc) is 3.04. The van der Waals surface area contributed by atoms with Crippen LogP contribution in [0.25, 0.3) is 0 Å². The summed E-state index contributed by atoms with van der Waals surface area (Å²) in [6.07, 6.45) is 2.70. The zero-order valence-electron chi connectivity index (χ0n) is 15.9. The number of Topliss-reactive ketones (excluding diaryl/α,β-unsaturated/α-hetero) is 1. The molecule has 0 unspecified atom stereocenters. The minimum atomic E-state index is -3.64. The van der Waals surface area contributed by atoms with Crippen molar-refractivity contribution in [3.8, 4) is 0 Å². The third-order valence-corrected chi connectivity index (χ3v) is 7.56. The van der Waals surface area contributed by atoms with Crippen LogP contribution >= 0.6 is 11.3 Å². The standard InChI is InChI=1S/C20H23NO5S2/c1-14-11-18(15(2)27-14)19(22)13-26-20(23)16-7-6-8-17(12-16)28(24,25)21-9-4-3-5-10-21/h6-8,11-12H,3-5,9-10,13H2,1-2H3. The smallest absolute Gasteiger partial charge is 0.338 e. The van der Waals surface area contributed by atoms with E-state index in [1.54, 1.807) is 6.07 Å². The molecule has 2 aromatic rings.